The zero-order valence-electron chi connectivity index (χ0n) is 11.1. The highest BCUT2D eigenvalue weighted by atomic mass is 35.5. The summed E-state index contributed by atoms with van der Waals surface area (Å²) >= 11 is 6.14. The number of hydrogen-bond acceptors (Lipinski definition) is 3. The summed E-state index contributed by atoms with van der Waals surface area (Å²) in [5, 5.41) is 4.21. The van der Waals surface area contributed by atoms with Gasteiger partial charge in [-0.05, 0) is 51.0 Å². The van der Waals surface area contributed by atoms with E-state index >= 15 is 0 Å². The van der Waals surface area contributed by atoms with E-state index in [4.69, 9.17) is 11.6 Å². The molecule has 0 amide bonds. The summed E-state index contributed by atoms with van der Waals surface area (Å²) in [6.45, 7) is 3.19. The van der Waals surface area contributed by atoms with Crippen LogP contribution in [0.5, 0.6) is 0 Å². The topological polar surface area (TPSA) is 28.2 Å². The van der Waals surface area contributed by atoms with Gasteiger partial charge in [0.2, 0.25) is 0 Å². The van der Waals surface area contributed by atoms with Gasteiger partial charge in [0.15, 0.2) is 0 Å². The number of rotatable bonds is 3. The first-order valence-electron chi connectivity index (χ1n) is 6.26. The van der Waals surface area contributed by atoms with E-state index in [9.17, 15) is 0 Å². The van der Waals surface area contributed by atoms with Crippen molar-refractivity contribution in [1.29, 1.82) is 0 Å². The maximum Gasteiger partial charge on any atom is 0.0634 e. The van der Waals surface area contributed by atoms with Gasteiger partial charge in [0.1, 0.15) is 0 Å². The third-order valence-corrected chi connectivity index (χ3v) is 3.79. The van der Waals surface area contributed by atoms with E-state index < -0.39 is 0 Å². The quantitative estimate of drug-likeness (QED) is 0.925. The summed E-state index contributed by atoms with van der Waals surface area (Å²) in [5.41, 5.74) is 1.17. The van der Waals surface area contributed by atoms with E-state index in [-0.39, 0.29) is 24.8 Å². The Morgan fingerprint density at radius 2 is 2.16 bits per heavy atom. The van der Waals surface area contributed by atoms with Gasteiger partial charge in [-0.15, -0.1) is 24.8 Å². The third-order valence-electron chi connectivity index (χ3n) is 3.44. The fourth-order valence-electron chi connectivity index (χ4n) is 2.37. The van der Waals surface area contributed by atoms with Crippen molar-refractivity contribution in [3.8, 4) is 0 Å². The lowest BCUT2D eigenvalue weighted by Gasteiger charge is -2.27. The fourth-order valence-corrected chi connectivity index (χ4v) is 2.55. The molecule has 1 unspecified atom stereocenters. The molecule has 1 atom stereocenters. The van der Waals surface area contributed by atoms with Crippen molar-refractivity contribution in [3.63, 3.8) is 0 Å². The molecule has 6 heteroatoms. The van der Waals surface area contributed by atoms with E-state index in [1.807, 2.05) is 12.3 Å². The molecule has 3 nitrogen and oxygen atoms in total. The van der Waals surface area contributed by atoms with Crippen molar-refractivity contribution < 1.29 is 0 Å². The van der Waals surface area contributed by atoms with Gasteiger partial charge in [0, 0.05) is 25.0 Å². The molecule has 1 aliphatic rings. The molecular formula is C13H22Cl3N3. The molecule has 0 aromatic carbocycles. The van der Waals surface area contributed by atoms with Gasteiger partial charge < -0.3 is 5.32 Å². The standard InChI is InChI=1S/C13H20ClN3.2ClH/c1-17(12-3-2-6-15-8-5-12)10-11-4-7-16-9-13(11)14;;/h4,7,9,12,15H,2-3,5-6,8,10H2,1H3;2*1H. The molecule has 0 bridgehead atoms. The molecule has 0 radical (unpaired) electrons. The molecule has 1 N–H and O–H groups in total. The average molecular weight is 327 g/mol. The summed E-state index contributed by atoms with van der Waals surface area (Å²) in [7, 11) is 2.19. The molecule has 2 rings (SSSR count). The monoisotopic (exact) mass is 325 g/mol. The first-order valence-corrected chi connectivity index (χ1v) is 6.64. The maximum atomic E-state index is 6.14. The zero-order valence-corrected chi connectivity index (χ0v) is 13.5. The summed E-state index contributed by atoms with van der Waals surface area (Å²) in [6, 6.07) is 2.67. The summed E-state index contributed by atoms with van der Waals surface area (Å²) in [6.07, 6.45) is 7.29. The van der Waals surface area contributed by atoms with Crippen LogP contribution in [0, 0.1) is 0 Å². The first kappa shape index (κ1) is 18.9. The van der Waals surface area contributed by atoms with Crippen LogP contribution in [0.4, 0.5) is 0 Å². The van der Waals surface area contributed by atoms with Crippen LogP contribution in [0.1, 0.15) is 24.8 Å². The van der Waals surface area contributed by atoms with Gasteiger partial charge in [0.05, 0.1) is 5.02 Å². The lowest BCUT2D eigenvalue weighted by molar-refractivity contribution is 0.216. The SMILES string of the molecule is CN(Cc1ccncc1Cl)C1CCCNCC1.Cl.Cl. The number of nitrogens with zero attached hydrogens (tertiary/aromatic N) is 2. The van der Waals surface area contributed by atoms with Crippen LogP contribution in [0.2, 0.25) is 5.02 Å². The Labute approximate surface area is 132 Å². The second kappa shape index (κ2) is 9.78. The highest BCUT2D eigenvalue weighted by Crippen LogP contribution is 2.19. The Balaban J connectivity index is 0.00000162. The van der Waals surface area contributed by atoms with E-state index in [2.05, 4.69) is 22.2 Å². The molecule has 1 saturated heterocycles. The van der Waals surface area contributed by atoms with Crippen molar-refractivity contribution >= 4 is 36.4 Å². The van der Waals surface area contributed by atoms with Gasteiger partial charge in [-0.3, -0.25) is 9.88 Å². The predicted octanol–water partition coefficient (Wildman–Crippen LogP) is 3.15. The second-order valence-electron chi connectivity index (χ2n) is 4.72. The maximum absolute atomic E-state index is 6.14. The third kappa shape index (κ3) is 5.84. The Kier molecular flexibility index (Phi) is 9.75. The van der Waals surface area contributed by atoms with Crippen LogP contribution in [0.3, 0.4) is 0 Å². The van der Waals surface area contributed by atoms with E-state index in [0.29, 0.717) is 6.04 Å². The second-order valence-corrected chi connectivity index (χ2v) is 5.12. The molecule has 1 aromatic rings. The van der Waals surface area contributed by atoms with Gasteiger partial charge in [0.25, 0.3) is 0 Å². The number of hydrogen-bond donors (Lipinski definition) is 1. The largest absolute Gasteiger partial charge is 0.317 e. The van der Waals surface area contributed by atoms with Crippen LogP contribution in [0.25, 0.3) is 0 Å². The molecule has 1 aromatic heterocycles. The number of aromatic nitrogens is 1. The summed E-state index contributed by atoms with van der Waals surface area (Å²) in [4.78, 5) is 6.43. The molecule has 110 valence electrons. The molecule has 1 aliphatic heterocycles. The Morgan fingerprint density at radius 1 is 1.37 bits per heavy atom. The molecule has 0 aliphatic carbocycles. The summed E-state index contributed by atoms with van der Waals surface area (Å²) < 4.78 is 0. The van der Waals surface area contributed by atoms with Crippen LogP contribution in [-0.2, 0) is 6.54 Å². The molecular weight excluding hydrogens is 305 g/mol. The minimum absolute atomic E-state index is 0. The Hall–Kier alpha value is -0.0600. The molecule has 2 heterocycles. The highest BCUT2D eigenvalue weighted by molar-refractivity contribution is 6.31. The lowest BCUT2D eigenvalue weighted by atomic mass is 10.1. The minimum Gasteiger partial charge on any atom is -0.317 e. The first-order chi connectivity index (χ1) is 8.27. The highest BCUT2D eigenvalue weighted by Gasteiger charge is 2.17. The smallest absolute Gasteiger partial charge is 0.0634 e. The molecule has 1 fully saturated rings. The number of nitrogens with one attached hydrogen (secondary N) is 1. The molecule has 0 spiro atoms. The Bertz CT molecular complexity index is 355. The minimum atomic E-state index is 0. The Morgan fingerprint density at radius 3 is 2.89 bits per heavy atom. The normalized spacial score (nSPS) is 19.2. The van der Waals surface area contributed by atoms with Crippen molar-refractivity contribution in [1.82, 2.24) is 15.2 Å². The molecule has 19 heavy (non-hydrogen) atoms. The van der Waals surface area contributed by atoms with Crippen LogP contribution in [0.15, 0.2) is 18.5 Å². The van der Waals surface area contributed by atoms with Gasteiger partial charge in [-0.25, -0.2) is 0 Å². The fraction of sp³-hybridized carbons (Fsp3) is 0.615. The van der Waals surface area contributed by atoms with E-state index in [0.717, 1.165) is 24.7 Å². The van der Waals surface area contributed by atoms with Gasteiger partial charge >= 0.3 is 0 Å². The molecule has 0 saturated carbocycles. The van der Waals surface area contributed by atoms with Gasteiger partial charge in [-0.1, -0.05) is 11.6 Å². The van der Waals surface area contributed by atoms with E-state index in [1.165, 1.54) is 24.8 Å². The van der Waals surface area contributed by atoms with Crippen LogP contribution in [-0.4, -0.2) is 36.1 Å². The van der Waals surface area contributed by atoms with Crippen LogP contribution >= 0.6 is 36.4 Å². The number of pyridine rings is 1. The predicted molar refractivity (Wildman–Crippen MR) is 85.7 cm³/mol. The van der Waals surface area contributed by atoms with Crippen LogP contribution < -0.4 is 5.32 Å². The summed E-state index contributed by atoms with van der Waals surface area (Å²) in [5.74, 6) is 0. The average Bonchev–Trinajstić information content (AvgIpc) is 2.61. The van der Waals surface area contributed by atoms with E-state index in [1.54, 1.807) is 6.20 Å². The number of halogens is 3. The zero-order chi connectivity index (χ0) is 12.1. The van der Waals surface area contributed by atoms with Crippen molar-refractivity contribution in [3.05, 3.63) is 29.0 Å². The van der Waals surface area contributed by atoms with Crippen molar-refractivity contribution in [2.75, 3.05) is 20.1 Å². The van der Waals surface area contributed by atoms with Crippen molar-refractivity contribution in [2.45, 2.75) is 31.8 Å². The van der Waals surface area contributed by atoms with Crippen molar-refractivity contribution in [2.24, 2.45) is 0 Å². The lowest BCUT2D eigenvalue weighted by Crippen LogP contribution is -2.32. The van der Waals surface area contributed by atoms with Gasteiger partial charge in [-0.2, -0.15) is 0 Å².